The number of ether oxygens (including phenoxy) is 2. The Morgan fingerprint density at radius 2 is 1.95 bits per heavy atom. The van der Waals surface area contributed by atoms with Crippen LogP contribution >= 0.6 is 0 Å². The Balaban J connectivity index is 3.04. The van der Waals surface area contributed by atoms with Crippen molar-refractivity contribution in [3.05, 3.63) is 29.8 Å². The molecule has 2 unspecified atom stereocenters. The molecule has 114 valence electrons. The summed E-state index contributed by atoms with van der Waals surface area (Å²) in [7, 11) is 3.44. The smallest absolute Gasteiger partial charge is 0.123 e. The van der Waals surface area contributed by atoms with Crippen molar-refractivity contribution in [2.75, 3.05) is 33.9 Å². The molecule has 0 amide bonds. The zero-order chi connectivity index (χ0) is 15.0. The summed E-state index contributed by atoms with van der Waals surface area (Å²) >= 11 is 0. The van der Waals surface area contributed by atoms with Crippen molar-refractivity contribution < 1.29 is 9.47 Å². The third-order valence-electron chi connectivity index (χ3n) is 3.83. The fraction of sp³-hybridized carbons (Fsp3) is 0.625. The highest BCUT2D eigenvalue weighted by atomic mass is 16.5. The van der Waals surface area contributed by atoms with Gasteiger partial charge in [0.1, 0.15) is 5.75 Å². The summed E-state index contributed by atoms with van der Waals surface area (Å²) in [5.74, 6) is 0.897. The largest absolute Gasteiger partial charge is 0.496 e. The summed E-state index contributed by atoms with van der Waals surface area (Å²) in [6.45, 7) is 6.56. The van der Waals surface area contributed by atoms with Gasteiger partial charge in [-0.3, -0.25) is 4.90 Å². The maximum Gasteiger partial charge on any atom is 0.123 e. The number of benzene rings is 1. The zero-order valence-corrected chi connectivity index (χ0v) is 13.1. The fourth-order valence-electron chi connectivity index (χ4n) is 2.50. The van der Waals surface area contributed by atoms with E-state index in [2.05, 4.69) is 24.8 Å². The number of methoxy groups -OCH3 is 2. The minimum absolute atomic E-state index is 0.149. The third kappa shape index (κ3) is 4.20. The Labute approximate surface area is 122 Å². The first kappa shape index (κ1) is 17.0. The number of hydrogen-bond acceptors (Lipinski definition) is 4. The predicted octanol–water partition coefficient (Wildman–Crippen LogP) is 2.44. The molecule has 0 aliphatic carbocycles. The minimum atomic E-state index is 0.149. The van der Waals surface area contributed by atoms with Crippen molar-refractivity contribution in [3.63, 3.8) is 0 Å². The summed E-state index contributed by atoms with van der Waals surface area (Å²) in [5, 5.41) is 0. The summed E-state index contributed by atoms with van der Waals surface area (Å²) in [4.78, 5) is 2.40. The molecule has 0 saturated carbocycles. The van der Waals surface area contributed by atoms with Gasteiger partial charge >= 0.3 is 0 Å². The first-order valence-electron chi connectivity index (χ1n) is 7.27. The molecule has 1 aromatic rings. The standard InChI is InChI=1S/C16H28N2O2/c1-5-13(2)18(10-11-19-3)15(12-17)14-8-6-7-9-16(14)20-4/h6-9,13,15H,5,10-12,17H2,1-4H3. The van der Waals surface area contributed by atoms with Crippen LogP contribution in [-0.4, -0.2) is 44.9 Å². The molecule has 2 N–H and O–H groups in total. The van der Waals surface area contributed by atoms with Crippen LogP contribution in [0.4, 0.5) is 0 Å². The Morgan fingerprint density at radius 3 is 2.50 bits per heavy atom. The monoisotopic (exact) mass is 280 g/mol. The van der Waals surface area contributed by atoms with Gasteiger partial charge in [-0.25, -0.2) is 0 Å². The topological polar surface area (TPSA) is 47.7 Å². The molecule has 0 spiro atoms. The molecule has 1 aromatic carbocycles. The third-order valence-corrected chi connectivity index (χ3v) is 3.83. The van der Waals surface area contributed by atoms with Crippen molar-refractivity contribution in [3.8, 4) is 5.75 Å². The lowest BCUT2D eigenvalue weighted by Crippen LogP contribution is -2.41. The number of nitrogens with zero attached hydrogens (tertiary/aromatic N) is 1. The summed E-state index contributed by atoms with van der Waals surface area (Å²) < 4.78 is 10.7. The number of para-hydroxylation sites is 1. The van der Waals surface area contributed by atoms with E-state index in [1.165, 1.54) is 0 Å². The van der Waals surface area contributed by atoms with Crippen LogP contribution in [0.1, 0.15) is 31.9 Å². The van der Waals surface area contributed by atoms with Gasteiger partial charge in [0.25, 0.3) is 0 Å². The van der Waals surface area contributed by atoms with Gasteiger partial charge in [-0.2, -0.15) is 0 Å². The van der Waals surface area contributed by atoms with E-state index in [0.29, 0.717) is 19.2 Å². The lowest BCUT2D eigenvalue weighted by atomic mass is 10.0. The van der Waals surface area contributed by atoms with Gasteiger partial charge in [-0.1, -0.05) is 25.1 Å². The molecule has 4 nitrogen and oxygen atoms in total. The molecule has 1 rings (SSSR count). The zero-order valence-electron chi connectivity index (χ0n) is 13.1. The van der Waals surface area contributed by atoms with E-state index in [-0.39, 0.29) is 6.04 Å². The molecule has 4 heteroatoms. The second kappa shape index (κ2) is 8.95. The molecule has 0 radical (unpaired) electrons. The van der Waals surface area contributed by atoms with Gasteiger partial charge in [0.2, 0.25) is 0 Å². The average molecular weight is 280 g/mol. The Bertz CT molecular complexity index is 384. The first-order chi connectivity index (χ1) is 9.69. The number of rotatable bonds is 9. The SMILES string of the molecule is CCC(C)N(CCOC)C(CN)c1ccccc1OC. The normalized spacial score (nSPS) is 14.3. The molecule has 0 aliphatic heterocycles. The maximum atomic E-state index is 6.06. The van der Waals surface area contributed by atoms with E-state index in [1.807, 2.05) is 18.2 Å². The van der Waals surface area contributed by atoms with Crippen LogP contribution in [0, 0.1) is 0 Å². The van der Waals surface area contributed by atoms with Crippen LogP contribution in [0.5, 0.6) is 5.75 Å². The van der Waals surface area contributed by atoms with Gasteiger partial charge in [-0.05, 0) is 19.4 Å². The van der Waals surface area contributed by atoms with E-state index in [9.17, 15) is 0 Å². The molecule has 0 fully saturated rings. The quantitative estimate of drug-likeness (QED) is 0.755. The molecular formula is C16H28N2O2. The van der Waals surface area contributed by atoms with Crippen molar-refractivity contribution in [2.24, 2.45) is 5.73 Å². The van der Waals surface area contributed by atoms with E-state index < -0.39 is 0 Å². The van der Waals surface area contributed by atoms with E-state index >= 15 is 0 Å². The van der Waals surface area contributed by atoms with Gasteiger partial charge in [0.05, 0.1) is 19.8 Å². The maximum absolute atomic E-state index is 6.06. The van der Waals surface area contributed by atoms with Crippen LogP contribution in [0.3, 0.4) is 0 Å². The second-order valence-corrected chi connectivity index (χ2v) is 4.98. The van der Waals surface area contributed by atoms with Gasteiger partial charge in [0.15, 0.2) is 0 Å². The molecule has 0 bridgehead atoms. The summed E-state index contributed by atoms with van der Waals surface area (Å²) in [6, 6.07) is 8.70. The number of nitrogens with two attached hydrogens (primary N) is 1. The average Bonchev–Trinajstić information content (AvgIpc) is 2.50. The van der Waals surface area contributed by atoms with Crippen LogP contribution < -0.4 is 10.5 Å². The lowest BCUT2D eigenvalue weighted by Gasteiger charge is -2.36. The predicted molar refractivity (Wildman–Crippen MR) is 83.1 cm³/mol. The van der Waals surface area contributed by atoms with E-state index in [0.717, 1.165) is 24.3 Å². The fourth-order valence-corrected chi connectivity index (χ4v) is 2.50. The molecule has 2 atom stereocenters. The van der Waals surface area contributed by atoms with Crippen LogP contribution in [-0.2, 0) is 4.74 Å². The number of hydrogen-bond donors (Lipinski definition) is 1. The van der Waals surface area contributed by atoms with Crippen molar-refractivity contribution >= 4 is 0 Å². The van der Waals surface area contributed by atoms with Crippen molar-refractivity contribution in [1.82, 2.24) is 4.90 Å². The van der Waals surface area contributed by atoms with Crippen molar-refractivity contribution in [1.29, 1.82) is 0 Å². The van der Waals surface area contributed by atoms with Crippen LogP contribution in [0.15, 0.2) is 24.3 Å². The lowest BCUT2D eigenvalue weighted by molar-refractivity contribution is 0.0892. The van der Waals surface area contributed by atoms with E-state index in [4.69, 9.17) is 15.2 Å². The second-order valence-electron chi connectivity index (χ2n) is 4.98. The molecule has 0 saturated heterocycles. The van der Waals surface area contributed by atoms with Crippen molar-refractivity contribution in [2.45, 2.75) is 32.4 Å². The minimum Gasteiger partial charge on any atom is -0.496 e. The van der Waals surface area contributed by atoms with Gasteiger partial charge in [0, 0.05) is 31.8 Å². The highest BCUT2D eigenvalue weighted by molar-refractivity contribution is 5.36. The van der Waals surface area contributed by atoms with Gasteiger partial charge in [-0.15, -0.1) is 0 Å². The molecular weight excluding hydrogens is 252 g/mol. The first-order valence-corrected chi connectivity index (χ1v) is 7.27. The van der Waals surface area contributed by atoms with Crippen LogP contribution in [0.25, 0.3) is 0 Å². The Morgan fingerprint density at radius 1 is 1.25 bits per heavy atom. The Kier molecular flexibility index (Phi) is 7.59. The molecule has 20 heavy (non-hydrogen) atoms. The van der Waals surface area contributed by atoms with Gasteiger partial charge < -0.3 is 15.2 Å². The van der Waals surface area contributed by atoms with E-state index in [1.54, 1.807) is 14.2 Å². The molecule has 0 aromatic heterocycles. The highest BCUT2D eigenvalue weighted by Gasteiger charge is 2.25. The molecule has 0 heterocycles. The molecule has 0 aliphatic rings. The summed E-state index contributed by atoms with van der Waals surface area (Å²) in [6.07, 6.45) is 1.08. The highest BCUT2D eigenvalue weighted by Crippen LogP contribution is 2.30. The Hall–Kier alpha value is -1.10. The van der Waals surface area contributed by atoms with Crippen LogP contribution in [0.2, 0.25) is 0 Å². The summed E-state index contributed by atoms with van der Waals surface area (Å²) in [5.41, 5.74) is 7.20.